The number of benzene rings is 2. The molecule has 0 N–H and O–H groups in total. The molecule has 0 unspecified atom stereocenters. The van der Waals surface area contributed by atoms with E-state index in [2.05, 4.69) is 23.6 Å². The number of aryl methyl sites for hydroxylation is 1. The minimum absolute atomic E-state index is 0.505. The van der Waals surface area contributed by atoms with Gasteiger partial charge in [-0.05, 0) is 49.4 Å². The number of aromatic nitrogens is 1. The Bertz CT molecular complexity index is 778. The van der Waals surface area contributed by atoms with Gasteiger partial charge in [0.15, 0.2) is 0 Å². The molecule has 0 bridgehead atoms. The molecule has 1 aromatic heterocycles. The largest absolute Gasteiger partial charge is 0.497 e. The molecule has 0 amide bonds. The van der Waals surface area contributed by atoms with Gasteiger partial charge in [0.05, 0.1) is 12.8 Å². The van der Waals surface area contributed by atoms with Gasteiger partial charge >= 0.3 is 0 Å². The van der Waals surface area contributed by atoms with Crippen LogP contribution in [0.25, 0.3) is 10.9 Å². The minimum Gasteiger partial charge on any atom is -0.497 e. The van der Waals surface area contributed by atoms with E-state index >= 15 is 0 Å². The van der Waals surface area contributed by atoms with Gasteiger partial charge < -0.3 is 14.0 Å². The van der Waals surface area contributed by atoms with Crippen LogP contribution in [0.4, 0.5) is 0 Å². The van der Waals surface area contributed by atoms with Crippen molar-refractivity contribution in [3.05, 3.63) is 59.2 Å². The van der Waals surface area contributed by atoms with E-state index in [1.54, 1.807) is 7.11 Å². The van der Waals surface area contributed by atoms with E-state index in [1.165, 1.54) is 0 Å². The van der Waals surface area contributed by atoms with E-state index in [-0.39, 0.29) is 0 Å². The molecule has 22 heavy (non-hydrogen) atoms. The topological polar surface area (TPSA) is 23.4 Å². The lowest BCUT2D eigenvalue weighted by atomic mass is 10.2. The first-order chi connectivity index (χ1) is 10.7. The Labute approximate surface area is 135 Å². The molecule has 0 fully saturated rings. The monoisotopic (exact) mass is 315 g/mol. The predicted molar refractivity (Wildman–Crippen MR) is 89.9 cm³/mol. The van der Waals surface area contributed by atoms with Gasteiger partial charge in [-0.2, -0.15) is 0 Å². The lowest BCUT2D eigenvalue weighted by Gasteiger charge is -2.10. The maximum absolute atomic E-state index is 6.28. The zero-order valence-electron chi connectivity index (χ0n) is 12.7. The molecule has 0 radical (unpaired) electrons. The molecule has 0 spiro atoms. The van der Waals surface area contributed by atoms with Crippen molar-refractivity contribution < 1.29 is 9.47 Å². The second-order valence-electron chi connectivity index (χ2n) is 5.02. The number of nitrogens with zero attached hydrogens (tertiary/aromatic N) is 1. The number of hydrogen-bond donors (Lipinski definition) is 0. The molecule has 2 aromatic carbocycles. The number of rotatable bonds is 5. The van der Waals surface area contributed by atoms with Crippen molar-refractivity contribution in [1.29, 1.82) is 0 Å². The van der Waals surface area contributed by atoms with Crippen LogP contribution in [0.5, 0.6) is 11.5 Å². The molecular formula is C18H18ClNO2. The van der Waals surface area contributed by atoms with E-state index in [0.717, 1.165) is 39.7 Å². The second kappa shape index (κ2) is 6.32. The first-order valence-corrected chi connectivity index (χ1v) is 7.64. The number of hydrogen-bond acceptors (Lipinski definition) is 2. The number of halogens is 1. The van der Waals surface area contributed by atoms with Crippen LogP contribution in [-0.4, -0.2) is 11.7 Å². The predicted octanol–water partition coefficient (Wildman–Crippen LogP) is 4.90. The van der Waals surface area contributed by atoms with Crippen LogP contribution >= 0.6 is 11.6 Å². The summed E-state index contributed by atoms with van der Waals surface area (Å²) in [5.74, 6) is 1.64. The second-order valence-corrected chi connectivity index (χ2v) is 5.42. The summed E-state index contributed by atoms with van der Waals surface area (Å²) in [6, 6.07) is 15.7. The summed E-state index contributed by atoms with van der Waals surface area (Å²) < 4.78 is 13.3. The van der Waals surface area contributed by atoms with Gasteiger partial charge in [-0.15, -0.1) is 0 Å². The summed E-state index contributed by atoms with van der Waals surface area (Å²) in [5, 5.41) is 1.84. The Morgan fingerprint density at radius 2 is 1.77 bits per heavy atom. The summed E-state index contributed by atoms with van der Waals surface area (Å²) in [5.41, 5.74) is 2.25. The van der Waals surface area contributed by atoms with Crippen LogP contribution in [0.2, 0.25) is 5.02 Å². The highest BCUT2D eigenvalue weighted by molar-refractivity contribution is 6.35. The van der Waals surface area contributed by atoms with Crippen molar-refractivity contribution >= 4 is 22.5 Å². The van der Waals surface area contributed by atoms with Gasteiger partial charge in [0.1, 0.15) is 18.1 Å². The van der Waals surface area contributed by atoms with Crippen LogP contribution in [0.3, 0.4) is 0 Å². The SMILES string of the molecule is CCn1c(COc2ccc(OC)cc2)cc2c(Cl)cccc21. The van der Waals surface area contributed by atoms with E-state index in [9.17, 15) is 0 Å². The van der Waals surface area contributed by atoms with Crippen molar-refractivity contribution in [3.63, 3.8) is 0 Å². The summed E-state index contributed by atoms with van der Waals surface area (Å²) in [7, 11) is 1.65. The highest BCUT2D eigenvalue weighted by Crippen LogP contribution is 2.28. The maximum Gasteiger partial charge on any atom is 0.128 e. The van der Waals surface area contributed by atoms with Gasteiger partial charge in [0.2, 0.25) is 0 Å². The standard InChI is InChI=1S/C18H18ClNO2/c1-3-20-13(11-16-17(19)5-4-6-18(16)20)12-22-15-9-7-14(21-2)8-10-15/h4-11H,3,12H2,1-2H3. The summed E-state index contributed by atoms with van der Waals surface area (Å²) in [4.78, 5) is 0. The van der Waals surface area contributed by atoms with E-state index in [4.69, 9.17) is 21.1 Å². The molecule has 0 aliphatic heterocycles. The van der Waals surface area contributed by atoms with Gasteiger partial charge in [-0.1, -0.05) is 17.7 Å². The molecule has 4 heteroatoms. The fourth-order valence-electron chi connectivity index (χ4n) is 2.63. The lowest BCUT2D eigenvalue weighted by Crippen LogP contribution is -2.04. The maximum atomic E-state index is 6.28. The van der Waals surface area contributed by atoms with E-state index < -0.39 is 0 Å². The minimum atomic E-state index is 0.505. The molecule has 114 valence electrons. The molecular weight excluding hydrogens is 298 g/mol. The molecule has 0 aliphatic carbocycles. The third-order valence-electron chi connectivity index (χ3n) is 3.74. The quantitative estimate of drug-likeness (QED) is 0.668. The number of fused-ring (bicyclic) bond motifs is 1. The lowest BCUT2D eigenvalue weighted by molar-refractivity contribution is 0.295. The molecule has 0 atom stereocenters. The fourth-order valence-corrected chi connectivity index (χ4v) is 2.85. The average molecular weight is 316 g/mol. The zero-order chi connectivity index (χ0) is 15.5. The molecule has 1 heterocycles. The smallest absolute Gasteiger partial charge is 0.128 e. The van der Waals surface area contributed by atoms with Crippen molar-refractivity contribution in [2.75, 3.05) is 7.11 Å². The van der Waals surface area contributed by atoms with Crippen molar-refractivity contribution in [1.82, 2.24) is 4.57 Å². The van der Waals surface area contributed by atoms with Crippen LogP contribution < -0.4 is 9.47 Å². The highest BCUT2D eigenvalue weighted by Gasteiger charge is 2.10. The molecule has 0 saturated heterocycles. The highest BCUT2D eigenvalue weighted by atomic mass is 35.5. The van der Waals surface area contributed by atoms with Gasteiger partial charge in [0.25, 0.3) is 0 Å². The van der Waals surface area contributed by atoms with Crippen LogP contribution in [-0.2, 0) is 13.2 Å². The number of ether oxygens (including phenoxy) is 2. The first kappa shape index (κ1) is 14.8. The summed E-state index contributed by atoms with van der Waals surface area (Å²) in [6.07, 6.45) is 0. The molecule has 3 rings (SSSR count). The Morgan fingerprint density at radius 1 is 1.05 bits per heavy atom. The van der Waals surface area contributed by atoms with E-state index in [1.807, 2.05) is 36.4 Å². The summed E-state index contributed by atoms with van der Waals surface area (Å²) in [6.45, 7) is 3.51. The summed E-state index contributed by atoms with van der Waals surface area (Å²) >= 11 is 6.28. The number of methoxy groups -OCH3 is 1. The Hall–Kier alpha value is -2.13. The van der Waals surface area contributed by atoms with Crippen molar-refractivity contribution in [2.24, 2.45) is 0 Å². The average Bonchev–Trinajstić information content (AvgIpc) is 2.92. The molecule has 3 aromatic rings. The normalized spacial score (nSPS) is 10.9. The van der Waals surface area contributed by atoms with Crippen LogP contribution in [0.15, 0.2) is 48.5 Å². The third kappa shape index (κ3) is 2.77. The Kier molecular flexibility index (Phi) is 4.25. The van der Waals surface area contributed by atoms with Gasteiger partial charge in [0, 0.05) is 22.5 Å². The first-order valence-electron chi connectivity index (χ1n) is 7.26. The van der Waals surface area contributed by atoms with Gasteiger partial charge in [-0.3, -0.25) is 0 Å². The Morgan fingerprint density at radius 3 is 2.45 bits per heavy atom. The van der Waals surface area contributed by atoms with Crippen LogP contribution in [0.1, 0.15) is 12.6 Å². The van der Waals surface area contributed by atoms with Crippen LogP contribution in [0, 0.1) is 0 Å². The zero-order valence-corrected chi connectivity index (χ0v) is 13.4. The van der Waals surface area contributed by atoms with Gasteiger partial charge in [-0.25, -0.2) is 0 Å². The van der Waals surface area contributed by atoms with Crippen molar-refractivity contribution in [2.45, 2.75) is 20.1 Å². The molecule has 0 saturated carbocycles. The van der Waals surface area contributed by atoms with E-state index in [0.29, 0.717) is 6.61 Å². The van der Waals surface area contributed by atoms with Crippen molar-refractivity contribution in [3.8, 4) is 11.5 Å². The Balaban J connectivity index is 1.85. The molecule has 0 aliphatic rings. The molecule has 3 nitrogen and oxygen atoms in total. The fraction of sp³-hybridized carbons (Fsp3) is 0.222. The third-order valence-corrected chi connectivity index (χ3v) is 4.07.